The Kier molecular flexibility index (Phi) is 4.83. The van der Waals surface area contributed by atoms with E-state index in [9.17, 15) is 14.4 Å². The Bertz CT molecular complexity index is 737. The fourth-order valence-corrected chi connectivity index (χ4v) is 7.88. The van der Waals surface area contributed by atoms with E-state index in [1.165, 1.54) is 12.5 Å². The van der Waals surface area contributed by atoms with Crippen LogP contribution in [0.5, 0.6) is 0 Å². The maximum absolute atomic E-state index is 12.4. The largest absolute Gasteiger partial charge is 0.466 e. The molecule has 0 bridgehead atoms. The Morgan fingerprint density at radius 3 is 2.54 bits per heavy atom. The summed E-state index contributed by atoms with van der Waals surface area (Å²) in [6.45, 7) is 8.25. The first-order chi connectivity index (χ1) is 13.2. The van der Waals surface area contributed by atoms with Crippen LogP contribution in [0.25, 0.3) is 0 Å². The SMILES string of the molecule is CC(=O)OC[C@H]1CC(=O)C=C2CC[C@@H]3[C@H]4CC[C@@H](C(C)=O)[C@@]4(C)CC[C@H]3[C@]21C. The molecule has 154 valence electrons. The number of allylic oxidation sites excluding steroid dienone is 1. The lowest BCUT2D eigenvalue weighted by atomic mass is 9.44. The van der Waals surface area contributed by atoms with Gasteiger partial charge in [-0.1, -0.05) is 19.4 Å². The van der Waals surface area contributed by atoms with Crippen molar-refractivity contribution in [2.24, 2.45) is 40.4 Å². The third-order valence-corrected chi connectivity index (χ3v) is 9.26. The van der Waals surface area contributed by atoms with Crippen LogP contribution < -0.4 is 0 Å². The van der Waals surface area contributed by atoms with Gasteiger partial charge in [0.15, 0.2) is 5.78 Å². The molecule has 4 aliphatic rings. The molecule has 0 unspecified atom stereocenters. The Balaban J connectivity index is 1.67. The summed E-state index contributed by atoms with van der Waals surface area (Å²) in [5.41, 5.74) is 1.36. The van der Waals surface area contributed by atoms with Gasteiger partial charge in [0.2, 0.25) is 0 Å². The number of carbonyl (C=O) groups is 3. The lowest BCUT2D eigenvalue weighted by Gasteiger charge is -2.60. The van der Waals surface area contributed by atoms with Crippen molar-refractivity contribution >= 4 is 17.5 Å². The molecule has 0 aromatic carbocycles. The molecule has 28 heavy (non-hydrogen) atoms. The minimum Gasteiger partial charge on any atom is -0.466 e. The third kappa shape index (κ3) is 2.81. The molecule has 3 saturated carbocycles. The molecule has 0 N–H and O–H groups in total. The number of hydrogen-bond donors (Lipinski definition) is 0. The molecule has 0 radical (unpaired) electrons. The van der Waals surface area contributed by atoms with E-state index >= 15 is 0 Å². The summed E-state index contributed by atoms with van der Waals surface area (Å²) in [4.78, 5) is 36.1. The van der Waals surface area contributed by atoms with E-state index in [1.54, 1.807) is 6.92 Å². The molecule has 4 rings (SSSR count). The van der Waals surface area contributed by atoms with Crippen LogP contribution in [0.2, 0.25) is 0 Å². The zero-order chi connectivity index (χ0) is 20.3. The first-order valence-corrected chi connectivity index (χ1v) is 11.1. The second-order valence-corrected chi connectivity index (χ2v) is 10.3. The lowest BCUT2D eigenvalue weighted by Crippen LogP contribution is -2.54. The third-order valence-electron chi connectivity index (χ3n) is 9.26. The van der Waals surface area contributed by atoms with Gasteiger partial charge < -0.3 is 4.74 Å². The van der Waals surface area contributed by atoms with E-state index in [4.69, 9.17) is 4.74 Å². The highest BCUT2D eigenvalue weighted by molar-refractivity contribution is 5.92. The Labute approximate surface area is 168 Å². The van der Waals surface area contributed by atoms with E-state index in [2.05, 4.69) is 13.8 Å². The van der Waals surface area contributed by atoms with Gasteiger partial charge in [0.25, 0.3) is 0 Å². The summed E-state index contributed by atoms with van der Waals surface area (Å²) in [7, 11) is 0. The normalized spacial score (nSPS) is 44.8. The molecule has 4 heteroatoms. The molecular formula is C24H34O4. The Hall–Kier alpha value is -1.45. The number of fused-ring (bicyclic) bond motifs is 5. The first kappa shape index (κ1) is 19.8. The highest BCUT2D eigenvalue weighted by Gasteiger charge is 2.61. The number of ether oxygens (including phenoxy) is 1. The second kappa shape index (κ2) is 6.81. The molecule has 4 aliphatic carbocycles. The van der Waals surface area contributed by atoms with Crippen LogP contribution in [-0.2, 0) is 19.1 Å². The van der Waals surface area contributed by atoms with Crippen LogP contribution in [0.4, 0.5) is 0 Å². The van der Waals surface area contributed by atoms with Crippen LogP contribution in [0.15, 0.2) is 11.6 Å². The molecular weight excluding hydrogens is 352 g/mol. The van der Waals surface area contributed by atoms with Gasteiger partial charge >= 0.3 is 5.97 Å². The quantitative estimate of drug-likeness (QED) is 0.670. The molecule has 0 aromatic heterocycles. The molecule has 4 nitrogen and oxygen atoms in total. The highest BCUT2D eigenvalue weighted by atomic mass is 16.5. The highest BCUT2D eigenvalue weighted by Crippen LogP contribution is 2.67. The fraction of sp³-hybridized carbons (Fsp3) is 0.792. The first-order valence-electron chi connectivity index (χ1n) is 11.1. The van der Waals surface area contributed by atoms with Crippen LogP contribution in [-0.4, -0.2) is 24.1 Å². The predicted molar refractivity (Wildman–Crippen MR) is 106 cm³/mol. The summed E-state index contributed by atoms with van der Waals surface area (Å²) in [6.07, 6.45) is 8.89. The second-order valence-electron chi connectivity index (χ2n) is 10.3. The van der Waals surface area contributed by atoms with Gasteiger partial charge in [0, 0.05) is 25.2 Å². The van der Waals surface area contributed by atoms with Crippen molar-refractivity contribution in [3.63, 3.8) is 0 Å². The molecule has 7 atom stereocenters. The summed E-state index contributed by atoms with van der Waals surface area (Å²) >= 11 is 0. The Morgan fingerprint density at radius 1 is 1.11 bits per heavy atom. The number of hydrogen-bond acceptors (Lipinski definition) is 4. The van der Waals surface area contributed by atoms with E-state index < -0.39 is 0 Å². The van der Waals surface area contributed by atoms with Crippen LogP contribution in [0, 0.1) is 40.4 Å². The summed E-state index contributed by atoms with van der Waals surface area (Å²) in [6, 6.07) is 0. The standard InChI is InChI=1S/C24H34O4/c1-14(25)20-7-8-21-19-6-5-16-11-18(27)12-17(13-28-15(2)26)24(16,4)22(19)9-10-23(20,21)3/h11,17,19-22H,5-10,12-13H2,1-4H3/t17-,19-,20+,21-,22-,23-,24-/m1/s1. The van der Waals surface area contributed by atoms with Gasteiger partial charge in [-0.25, -0.2) is 0 Å². The van der Waals surface area contributed by atoms with Gasteiger partial charge in [-0.3, -0.25) is 14.4 Å². The number of Topliss-reactive ketones (excluding diaryl/α,β-unsaturated/α-hetero) is 1. The van der Waals surface area contributed by atoms with Crippen molar-refractivity contribution in [2.75, 3.05) is 6.61 Å². The smallest absolute Gasteiger partial charge is 0.302 e. The average Bonchev–Trinajstić information content (AvgIpc) is 2.97. The topological polar surface area (TPSA) is 60.4 Å². The van der Waals surface area contributed by atoms with E-state index in [-0.39, 0.29) is 34.4 Å². The van der Waals surface area contributed by atoms with Crippen molar-refractivity contribution in [1.82, 2.24) is 0 Å². The molecule has 0 saturated heterocycles. The molecule has 0 heterocycles. The molecule has 0 amide bonds. The van der Waals surface area contributed by atoms with Crippen molar-refractivity contribution in [3.05, 3.63) is 11.6 Å². The number of rotatable bonds is 3. The number of carbonyl (C=O) groups excluding carboxylic acids is 3. The van der Waals surface area contributed by atoms with Gasteiger partial charge in [0.1, 0.15) is 5.78 Å². The summed E-state index contributed by atoms with van der Waals surface area (Å²) in [5.74, 6) is 2.30. The van der Waals surface area contributed by atoms with Crippen molar-refractivity contribution in [3.8, 4) is 0 Å². The van der Waals surface area contributed by atoms with Crippen LogP contribution in [0.1, 0.15) is 72.6 Å². The van der Waals surface area contributed by atoms with Crippen molar-refractivity contribution in [1.29, 1.82) is 0 Å². The van der Waals surface area contributed by atoms with E-state index in [1.807, 2.05) is 6.08 Å². The maximum Gasteiger partial charge on any atom is 0.302 e. The van der Waals surface area contributed by atoms with Crippen LogP contribution in [0.3, 0.4) is 0 Å². The van der Waals surface area contributed by atoms with E-state index in [0.29, 0.717) is 36.6 Å². The molecule has 0 spiro atoms. The predicted octanol–water partition coefficient (Wildman–Crippen LogP) is 4.51. The lowest BCUT2D eigenvalue weighted by molar-refractivity contribution is -0.148. The van der Waals surface area contributed by atoms with Crippen molar-refractivity contribution in [2.45, 2.75) is 72.6 Å². The fourth-order valence-electron chi connectivity index (χ4n) is 7.88. The van der Waals surface area contributed by atoms with Gasteiger partial charge in [-0.2, -0.15) is 0 Å². The van der Waals surface area contributed by atoms with E-state index in [0.717, 1.165) is 38.5 Å². The summed E-state index contributed by atoms with van der Waals surface area (Å²) < 4.78 is 5.42. The summed E-state index contributed by atoms with van der Waals surface area (Å²) in [5, 5.41) is 0. The van der Waals surface area contributed by atoms with Crippen molar-refractivity contribution < 1.29 is 19.1 Å². The van der Waals surface area contributed by atoms with Crippen LogP contribution >= 0.6 is 0 Å². The molecule has 0 aromatic rings. The number of ketones is 2. The Morgan fingerprint density at radius 2 is 1.86 bits per heavy atom. The zero-order valence-corrected chi connectivity index (χ0v) is 17.8. The maximum atomic E-state index is 12.4. The minimum absolute atomic E-state index is 0.0675. The molecule has 0 aliphatic heterocycles. The van der Waals surface area contributed by atoms with Gasteiger partial charge in [-0.15, -0.1) is 0 Å². The van der Waals surface area contributed by atoms with Gasteiger partial charge in [-0.05, 0) is 80.1 Å². The molecule has 3 fully saturated rings. The number of esters is 1. The monoisotopic (exact) mass is 386 g/mol. The van der Waals surface area contributed by atoms with Gasteiger partial charge in [0.05, 0.1) is 6.61 Å². The minimum atomic E-state index is -0.268. The average molecular weight is 387 g/mol. The zero-order valence-electron chi connectivity index (χ0n) is 17.8.